The fourth-order valence-electron chi connectivity index (χ4n) is 1.37. The molecule has 0 unspecified atom stereocenters. The average molecular weight is 225 g/mol. The molecule has 0 aliphatic heterocycles. The predicted octanol–water partition coefficient (Wildman–Crippen LogP) is 3.14. The molecule has 0 aliphatic carbocycles. The number of hydrogen-bond donors (Lipinski definition) is 1. The summed E-state index contributed by atoms with van der Waals surface area (Å²) in [5, 5.41) is 0. The summed E-state index contributed by atoms with van der Waals surface area (Å²) in [5.41, 5.74) is 0.918. The number of thiol groups is 1. The Labute approximate surface area is 96.0 Å². The first kappa shape index (κ1) is 12.1. The lowest BCUT2D eigenvalue weighted by Crippen LogP contribution is -2.22. The Kier molecular flexibility index (Phi) is 5.26. The van der Waals surface area contributed by atoms with Crippen molar-refractivity contribution in [3.8, 4) is 0 Å². The maximum absolute atomic E-state index is 13.0. The van der Waals surface area contributed by atoms with Crippen molar-refractivity contribution in [2.75, 3.05) is 23.7 Å². The molecule has 0 radical (unpaired) electrons. The molecule has 82 valence electrons. The standard InChI is InChI=1S/C12H16FNS/c1-2-14(8-3-4-9-15)12-7-5-6-11(13)10-12/h3-7,10,15H,2,8-9H2,1H3. The first-order chi connectivity index (χ1) is 7.27. The highest BCUT2D eigenvalue weighted by Crippen LogP contribution is 2.14. The van der Waals surface area contributed by atoms with Gasteiger partial charge in [0.15, 0.2) is 0 Å². The van der Waals surface area contributed by atoms with Crippen molar-refractivity contribution in [1.82, 2.24) is 0 Å². The van der Waals surface area contributed by atoms with Crippen LogP contribution in [0.15, 0.2) is 36.4 Å². The van der Waals surface area contributed by atoms with Gasteiger partial charge in [-0.15, -0.1) is 0 Å². The molecule has 0 atom stereocenters. The van der Waals surface area contributed by atoms with Crippen molar-refractivity contribution < 1.29 is 4.39 Å². The maximum Gasteiger partial charge on any atom is 0.125 e. The molecular weight excluding hydrogens is 209 g/mol. The van der Waals surface area contributed by atoms with E-state index >= 15 is 0 Å². The first-order valence-electron chi connectivity index (χ1n) is 5.04. The van der Waals surface area contributed by atoms with Crippen LogP contribution in [0, 0.1) is 5.82 Å². The van der Waals surface area contributed by atoms with Crippen molar-refractivity contribution in [3.63, 3.8) is 0 Å². The lowest BCUT2D eigenvalue weighted by Gasteiger charge is -2.21. The van der Waals surface area contributed by atoms with Gasteiger partial charge in [-0.2, -0.15) is 12.6 Å². The minimum absolute atomic E-state index is 0.191. The Balaban J connectivity index is 2.69. The van der Waals surface area contributed by atoms with E-state index in [4.69, 9.17) is 0 Å². The van der Waals surface area contributed by atoms with E-state index in [9.17, 15) is 4.39 Å². The molecule has 0 fully saturated rings. The molecule has 0 saturated carbocycles. The van der Waals surface area contributed by atoms with Gasteiger partial charge in [0.1, 0.15) is 5.82 Å². The average Bonchev–Trinajstić information content (AvgIpc) is 2.24. The lowest BCUT2D eigenvalue weighted by molar-refractivity contribution is 0.627. The fraction of sp³-hybridized carbons (Fsp3) is 0.333. The van der Waals surface area contributed by atoms with Crippen molar-refractivity contribution >= 4 is 18.3 Å². The Hall–Kier alpha value is -0.960. The number of halogens is 1. The summed E-state index contributed by atoms with van der Waals surface area (Å²) in [6.45, 7) is 3.71. The minimum Gasteiger partial charge on any atom is -0.368 e. The van der Waals surface area contributed by atoms with Crippen LogP contribution in [-0.2, 0) is 0 Å². The van der Waals surface area contributed by atoms with Gasteiger partial charge < -0.3 is 4.90 Å². The first-order valence-corrected chi connectivity index (χ1v) is 5.67. The van der Waals surface area contributed by atoms with E-state index in [2.05, 4.69) is 24.5 Å². The van der Waals surface area contributed by atoms with Crippen LogP contribution >= 0.6 is 12.6 Å². The molecule has 0 aromatic heterocycles. The van der Waals surface area contributed by atoms with E-state index < -0.39 is 0 Å². The molecule has 0 spiro atoms. The molecule has 3 heteroatoms. The van der Waals surface area contributed by atoms with E-state index in [1.807, 2.05) is 18.2 Å². The predicted molar refractivity (Wildman–Crippen MR) is 67.3 cm³/mol. The summed E-state index contributed by atoms with van der Waals surface area (Å²) >= 11 is 4.09. The smallest absolute Gasteiger partial charge is 0.125 e. The summed E-state index contributed by atoms with van der Waals surface area (Å²) in [6, 6.07) is 6.66. The van der Waals surface area contributed by atoms with Crippen LogP contribution in [0.2, 0.25) is 0 Å². The van der Waals surface area contributed by atoms with Crippen molar-refractivity contribution in [1.29, 1.82) is 0 Å². The zero-order valence-corrected chi connectivity index (χ0v) is 9.75. The molecule has 0 aliphatic rings. The van der Waals surface area contributed by atoms with Crippen molar-refractivity contribution in [2.45, 2.75) is 6.92 Å². The third-order valence-electron chi connectivity index (χ3n) is 2.15. The number of benzene rings is 1. The van der Waals surface area contributed by atoms with Gasteiger partial charge in [0, 0.05) is 24.5 Å². The maximum atomic E-state index is 13.0. The topological polar surface area (TPSA) is 3.24 Å². The summed E-state index contributed by atoms with van der Waals surface area (Å²) in [4.78, 5) is 2.10. The van der Waals surface area contributed by atoms with Crippen molar-refractivity contribution in [2.24, 2.45) is 0 Å². The highest BCUT2D eigenvalue weighted by molar-refractivity contribution is 7.80. The summed E-state index contributed by atoms with van der Waals surface area (Å²) < 4.78 is 13.0. The third kappa shape index (κ3) is 3.96. The Morgan fingerprint density at radius 2 is 2.20 bits per heavy atom. The molecular formula is C12H16FNS. The molecule has 15 heavy (non-hydrogen) atoms. The van der Waals surface area contributed by atoms with Gasteiger partial charge in [-0.1, -0.05) is 18.2 Å². The SMILES string of the molecule is CCN(CC=CCS)c1cccc(F)c1. The molecule has 1 rings (SSSR count). The van der Waals surface area contributed by atoms with Gasteiger partial charge in [0.25, 0.3) is 0 Å². The van der Waals surface area contributed by atoms with Crippen LogP contribution in [0.5, 0.6) is 0 Å². The van der Waals surface area contributed by atoms with E-state index in [1.165, 1.54) is 6.07 Å². The van der Waals surface area contributed by atoms with Crippen LogP contribution in [0.3, 0.4) is 0 Å². The van der Waals surface area contributed by atoms with Crippen LogP contribution in [0.4, 0.5) is 10.1 Å². The highest BCUT2D eigenvalue weighted by atomic mass is 32.1. The summed E-state index contributed by atoms with van der Waals surface area (Å²) in [5.74, 6) is 0.546. The van der Waals surface area contributed by atoms with Crippen molar-refractivity contribution in [3.05, 3.63) is 42.2 Å². The summed E-state index contributed by atoms with van der Waals surface area (Å²) in [7, 11) is 0. The van der Waals surface area contributed by atoms with Crippen LogP contribution < -0.4 is 4.90 Å². The monoisotopic (exact) mass is 225 g/mol. The number of likely N-dealkylation sites (N-methyl/N-ethyl adjacent to an activating group) is 1. The van der Waals surface area contributed by atoms with E-state index in [0.29, 0.717) is 0 Å². The fourth-order valence-corrected chi connectivity index (χ4v) is 1.52. The Bertz CT molecular complexity index is 325. The van der Waals surface area contributed by atoms with Gasteiger partial charge in [0.2, 0.25) is 0 Å². The summed E-state index contributed by atoms with van der Waals surface area (Å²) in [6.07, 6.45) is 4.03. The molecule has 1 aromatic carbocycles. The molecule has 0 amide bonds. The number of hydrogen-bond acceptors (Lipinski definition) is 2. The number of anilines is 1. The number of nitrogens with zero attached hydrogens (tertiary/aromatic N) is 1. The van der Waals surface area contributed by atoms with Gasteiger partial charge in [-0.25, -0.2) is 4.39 Å². The minimum atomic E-state index is -0.191. The normalized spacial score (nSPS) is 10.9. The number of rotatable bonds is 5. The molecule has 1 aromatic rings. The zero-order chi connectivity index (χ0) is 11.1. The van der Waals surface area contributed by atoms with Gasteiger partial charge in [-0.05, 0) is 25.1 Å². The lowest BCUT2D eigenvalue weighted by atomic mass is 10.2. The molecule has 0 N–H and O–H groups in total. The second-order valence-corrected chi connectivity index (χ2v) is 3.54. The van der Waals surface area contributed by atoms with E-state index in [-0.39, 0.29) is 5.82 Å². The molecule has 0 saturated heterocycles. The van der Waals surface area contributed by atoms with Crippen LogP contribution in [0.25, 0.3) is 0 Å². The van der Waals surface area contributed by atoms with Gasteiger partial charge in [0.05, 0.1) is 0 Å². The highest BCUT2D eigenvalue weighted by Gasteiger charge is 2.02. The molecule has 0 heterocycles. The molecule has 1 nitrogen and oxygen atoms in total. The van der Waals surface area contributed by atoms with E-state index in [0.717, 1.165) is 24.5 Å². The second kappa shape index (κ2) is 6.51. The van der Waals surface area contributed by atoms with Gasteiger partial charge in [-0.3, -0.25) is 0 Å². The zero-order valence-electron chi connectivity index (χ0n) is 8.86. The largest absolute Gasteiger partial charge is 0.368 e. The van der Waals surface area contributed by atoms with Crippen LogP contribution in [0.1, 0.15) is 6.92 Å². The second-order valence-electron chi connectivity index (χ2n) is 3.17. The third-order valence-corrected chi connectivity index (χ3v) is 2.36. The van der Waals surface area contributed by atoms with Gasteiger partial charge >= 0.3 is 0 Å². The molecule has 0 bridgehead atoms. The Morgan fingerprint density at radius 3 is 2.80 bits per heavy atom. The Morgan fingerprint density at radius 1 is 1.40 bits per heavy atom. The van der Waals surface area contributed by atoms with E-state index in [1.54, 1.807) is 12.1 Å². The quantitative estimate of drug-likeness (QED) is 0.595. The van der Waals surface area contributed by atoms with Crippen LogP contribution in [-0.4, -0.2) is 18.8 Å².